The number of carbonyl (C=O) groups excluding carboxylic acids is 2. The summed E-state index contributed by atoms with van der Waals surface area (Å²) in [7, 11) is 0. The Morgan fingerprint density at radius 2 is 1.22 bits per heavy atom. The van der Waals surface area contributed by atoms with Crippen molar-refractivity contribution < 1.29 is 9.59 Å². The van der Waals surface area contributed by atoms with Gasteiger partial charge in [-0.15, -0.1) is 0 Å². The van der Waals surface area contributed by atoms with Gasteiger partial charge < -0.3 is 0 Å². The molecule has 0 unspecified atom stereocenters. The van der Waals surface area contributed by atoms with Crippen molar-refractivity contribution in [1.29, 1.82) is 0 Å². The van der Waals surface area contributed by atoms with Crippen molar-refractivity contribution in [2.45, 2.75) is 31.6 Å². The Balaban J connectivity index is 2.02. The minimum absolute atomic E-state index is 0.0662. The molecule has 0 spiro atoms. The van der Waals surface area contributed by atoms with Gasteiger partial charge in [-0.25, -0.2) is 0 Å². The molecular formula is C20H21NO2. The van der Waals surface area contributed by atoms with Crippen LogP contribution >= 0.6 is 0 Å². The molecule has 1 fully saturated rings. The predicted molar refractivity (Wildman–Crippen MR) is 90.0 cm³/mol. The monoisotopic (exact) mass is 307 g/mol. The molecule has 0 radical (unpaired) electrons. The third-order valence-corrected chi connectivity index (χ3v) is 4.45. The van der Waals surface area contributed by atoms with Crippen molar-refractivity contribution in [2.24, 2.45) is 0 Å². The summed E-state index contributed by atoms with van der Waals surface area (Å²) in [6.07, 6.45) is 1.81. The zero-order chi connectivity index (χ0) is 16.2. The average Bonchev–Trinajstić information content (AvgIpc) is 2.85. The molecule has 118 valence electrons. The van der Waals surface area contributed by atoms with E-state index >= 15 is 0 Å². The van der Waals surface area contributed by atoms with Gasteiger partial charge in [-0.3, -0.25) is 14.5 Å². The predicted octanol–water partition coefficient (Wildman–Crippen LogP) is 3.72. The molecule has 2 aromatic rings. The van der Waals surface area contributed by atoms with E-state index in [9.17, 15) is 9.59 Å². The Morgan fingerprint density at radius 1 is 0.783 bits per heavy atom. The molecule has 0 bridgehead atoms. The van der Waals surface area contributed by atoms with Crippen LogP contribution in [0.2, 0.25) is 0 Å². The highest BCUT2D eigenvalue weighted by Crippen LogP contribution is 2.41. The molecule has 2 aromatic carbocycles. The Labute approximate surface area is 136 Å². The number of hydrogen-bond acceptors (Lipinski definition) is 2. The minimum Gasteiger partial charge on any atom is -0.282 e. The lowest BCUT2D eigenvalue weighted by Gasteiger charge is -2.15. The molecule has 1 aliphatic rings. The summed E-state index contributed by atoms with van der Waals surface area (Å²) < 4.78 is 0. The molecule has 0 aromatic heterocycles. The van der Waals surface area contributed by atoms with E-state index in [0.717, 1.165) is 24.0 Å². The Bertz CT molecular complexity index is 624. The van der Waals surface area contributed by atoms with Gasteiger partial charge in [0.15, 0.2) is 0 Å². The first-order valence-electron chi connectivity index (χ1n) is 8.19. The van der Waals surface area contributed by atoms with E-state index in [2.05, 4.69) is 6.92 Å². The van der Waals surface area contributed by atoms with E-state index in [1.807, 2.05) is 60.7 Å². The van der Waals surface area contributed by atoms with Crippen molar-refractivity contribution in [3.8, 4) is 0 Å². The SMILES string of the molecule is CCCCN1C(=O)[C@@H](c2ccccc2)[C@H](c2ccccc2)C1=O. The van der Waals surface area contributed by atoms with Gasteiger partial charge in [-0.05, 0) is 17.5 Å². The molecule has 3 heteroatoms. The second-order valence-corrected chi connectivity index (χ2v) is 5.96. The zero-order valence-corrected chi connectivity index (χ0v) is 13.3. The number of benzene rings is 2. The molecule has 2 amide bonds. The van der Waals surface area contributed by atoms with E-state index in [1.54, 1.807) is 0 Å². The maximum absolute atomic E-state index is 12.9. The van der Waals surface area contributed by atoms with Crippen LogP contribution in [0, 0.1) is 0 Å². The third-order valence-electron chi connectivity index (χ3n) is 4.45. The van der Waals surface area contributed by atoms with Gasteiger partial charge >= 0.3 is 0 Å². The molecule has 1 heterocycles. The number of amides is 2. The fraction of sp³-hybridized carbons (Fsp3) is 0.300. The minimum atomic E-state index is -0.414. The van der Waals surface area contributed by atoms with Crippen LogP contribution in [0.5, 0.6) is 0 Å². The van der Waals surface area contributed by atoms with Gasteiger partial charge in [-0.2, -0.15) is 0 Å². The maximum Gasteiger partial charge on any atom is 0.237 e. The molecule has 3 nitrogen and oxygen atoms in total. The topological polar surface area (TPSA) is 37.4 Å². The first-order chi connectivity index (χ1) is 11.2. The highest BCUT2D eigenvalue weighted by atomic mass is 16.2. The van der Waals surface area contributed by atoms with Crippen LogP contribution in [0.25, 0.3) is 0 Å². The van der Waals surface area contributed by atoms with Crippen LogP contribution in [0.3, 0.4) is 0 Å². The zero-order valence-electron chi connectivity index (χ0n) is 13.3. The summed E-state index contributed by atoms with van der Waals surface area (Å²) in [5.74, 6) is -0.960. The van der Waals surface area contributed by atoms with E-state index in [4.69, 9.17) is 0 Å². The molecule has 1 aliphatic heterocycles. The molecule has 0 aliphatic carbocycles. The van der Waals surface area contributed by atoms with Crippen LogP contribution in [-0.4, -0.2) is 23.3 Å². The number of rotatable bonds is 5. The number of likely N-dealkylation sites (tertiary alicyclic amines) is 1. The molecule has 0 N–H and O–H groups in total. The van der Waals surface area contributed by atoms with E-state index in [0.29, 0.717) is 6.54 Å². The van der Waals surface area contributed by atoms with Crippen molar-refractivity contribution in [2.75, 3.05) is 6.54 Å². The Morgan fingerprint density at radius 3 is 1.61 bits per heavy atom. The second-order valence-electron chi connectivity index (χ2n) is 5.96. The van der Waals surface area contributed by atoms with Gasteiger partial charge in [0.1, 0.15) is 0 Å². The number of hydrogen-bond donors (Lipinski definition) is 0. The standard InChI is InChI=1S/C20H21NO2/c1-2-3-14-21-19(22)17(15-10-6-4-7-11-15)18(20(21)23)16-12-8-5-9-13-16/h4-13,17-18H,2-3,14H2,1H3/t17-,18-/m0/s1. The van der Waals surface area contributed by atoms with Gasteiger partial charge in [0.25, 0.3) is 0 Å². The maximum atomic E-state index is 12.9. The fourth-order valence-electron chi connectivity index (χ4n) is 3.26. The summed E-state index contributed by atoms with van der Waals surface area (Å²) >= 11 is 0. The van der Waals surface area contributed by atoms with Crippen molar-refractivity contribution in [3.63, 3.8) is 0 Å². The van der Waals surface area contributed by atoms with E-state index in [-0.39, 0.29) is 11.8 Å². The highest BCUT2D eigenvalue weighted by Gasteiger charge is 2.48. The van der Waals surface area contributed by atoms with Crippen molar-refractivity contribution in [1.82, 2.24) is 4.90 Å². The lowest BCUT2D eigenvalue weighted by atomic mass is 9.83. The molecule has 2 atom stereocenters. The summed E-state index contributed by atoms with van der Waals surface area (Å²) in [5, 5.41) is 0. The van der Waals surface area contributed by atoms with Crippen LogP contribution < -0.4 is 0 Å². The van der Waals surface area contributed by atoms with Gasteiger partial charge in [0, 0.05) is 6.54 Å². The largest absolute Gasteiger partial charge is 0.282 e. The quantitative estimate of drug-likeness (QED) is 0.789. The Hall–Kier alpha value is -2.42. The highest BCUT2D eigenvalue weighted by molar-refractivity contribution is 6.10. The summed E-state index contributed by atoms with van der Waals surface area (Å²) in [4.78, 5) is 27.3. The van der Waals surface area contributed by atoms with Crippen molar-refractivity contribution in [3.05, 3.63) is 71.8 Å². The lowest BCUT2D eigenvalue weighted by Crippen LogP contribution is -2.31. The third kappa shape index (κ3) is 2.91. The van der Waals surface area contributed by atoms with E-state index in [1.165, 1.54) is 4.90 Å². The average molecular weight is 307 g/mol. The molecule has 1 saturated heterocycles. The normalized spacial score (nSPS) is 21.0. The van der Waals surface area contributed by atoms with E-state index < -0.39 is 11.8 Å². The molecule has 3 rings (SSSR count). The second kappa shape index (κ2) is 6.78. The lowest BCUT2D eigenvalue weighted by molar-refractivity contribution is -0.139. The van der Waals surface area contributed by atoms with Gasteiger partial charge in [0.2, 0.25) is 11.8 Å². The summed E-state index contributed by atoms with van der Waals surface area (Å²) in [5.41, 5.74) is 1.83. The first kappa shape index (κ1) is 15.5. The summed E-state index contributed by atoms with van der Waals surface area (Å²) in [6.45, 7) is 2.58. The summed E-state index contributed by atoms with van der Waals surface area (Å²) in [6, 6.07) is 19.3. The molecule has 23 heavy (non-hydrogen) atoms. The Kier molecular flexibility index (Phi) is 4.56. The molecular weight excluding hydrogens is 286 g/mol. The first-order valence-corrected chi connectivity index (χ1v) is 8.19. The smallest absolute Gasteiger partial charge is 0.237 e. The number of carbonyl (C=O) groups is 2. The number of nitrogens with zero attached hydrogens (tertiary/aromatic N) is 1. The number of imide groups is 1. The van der Waals surface area contributed by atoms with Gasteiger partial charge in [0.05, 0.1) is 11.8 Å². The van der Waals surface area contributed by atoms with Crippen LogP contribution in [0.1, 0.15) is 42.7 Å². The number of unbranched alkanes of at least 4 members (excludes halogenated alkanes) is 1. The van der Waals surface area contributed by atoms with Gasteiger partial charge in [-0.1, -0.05) is 74.0 Å². The van der Waals surface area contributed by atoms with Crippen LogP contribution in [0.4, 0.5) is 0 Å². The van der Waals surface area contributed by atoms with Crippen LogP contribution in [0.15, 0.2) is 60.7 Å². The molecule has 0 saturated carbocycles. The van der Waals surface area contributed by atoms with Crippen molar-refractivity contribution >= 4 is 11.8 Å². The van der Waals surface area contributed by atoms with Crippen LogP contribution in [-0.2, 0) is 9.59 Å². The fourth-order valence-corrected chi connectivity index (χ4v) is 3.26.